The molecular formula is C22H20FNO2. The first-order chi connectivity index (χ1) is 12.7. The van der Waals surface area contributed by atoms with Crippen LogP contribution in [-0.2, 0) is 4.79 Å². The summed E-state index contributed by atoms with van der Waals surface area (Å²) in [4.78, 5) is 12.2. The number of nitriles is 1. The molecule has 0 N–H and O–H groups in total. The Hall–Kier alpha value is -2.93. The fourth-order valence-corrected chi connectivity index (χ4v) is 3.19. The number of hydrogen-bond acceptors (Lipinski definition) is 3. The molecule has 0 aliphatic heterocycles. The third kappa shape index (κ3) is 4.37. The molecular weight excluding hydrogens is 329 g/mol. The van der Waals surface area contributed by atoms with Gasteiger partial charge >= 0.3 is 5.97 Å². The van der Waals surface area contributed by atoms with E-state index in [0.29, 0.717) is 5.75 Å². The number of carbonyl (C=O) groups is 1. The molecule has 3 rings (SSSR count). The van der Waals surface area contributed by atoms with Crippen LogP contribution in [-0.4, -0.2) is 5.97 Å². The summed E-state index contributed by atoms with van der Waals surface area (Å²) in [7, 11) is 0. The molecule has 0 unspecified atom stereocenters. The summed E-state index contributed by atoms with van der Waals surface area (Å²) < 4.78 is 19.3. The molecule has 132 valence electrons. The van der Waals surface area contributed by atoms with Gasteiger partial charge in [0.05, 0.1) is 17.6 Å². The van der Waals surface area contributed by atoms with Crippen molar-refractivity contribution in [1.29, 1.82) is 5.26 Å². The molecule has 1 aliphatic rings. The van der Waals surface area contributed by atoms with Crippen molar-refractivity contribution in [2.24, 2.45) is 5.92 Å². The maximum atomic E-state index is 13.9. The van der Waals surface area contributed by atoms with Gasteiger partial charge < -0.3 is 4.74 Å². The first-order valence-corrected chi connectivity index (χ1v) is 8.86. The van der Waals surface area contributed by atoms with Crippen LogP contribution in [0.15, 0.2) is 48.5 Å². The SMILES string of the molecule is N#C/C(=C/c1ccc(OC(=O)C2CCCCC2)cc1)c1ccccc1F. The Balaban J connectivity index is 1.71. The lowest BCUT2D eigenvalue weighted by Crippen LogP contribution is -2.22. The molecule has 1 aliphatic carbocycles. The van der Waals surface area contributed by atoms with Crippen LogP contribution in [0, 0.1) is 23.1 Å². The van der Waals surface area contributed by atoms with E-state index in [1.165, 1.54) is 12.5 Å². The lowest BCUT2D eigenvalue weighted by Gasteiger charge is -2.19. The molecule has 2 aromatic rings. The summed E-state index contributed by atoms with van der Waals surface area (Å²) in [6.45, 7) is 0. The van der Waals surface area contributed by atoms with E-state index in [1.54, 1.807) is 48.5 Å². The third-order valence-electron chi connectivity index (χ3n) is 4.63. The molecule has 1 fully saturated rings. The molecule has 1 saturated carbocycles. The molecule has 0 atom stereocenters. The predicted molar refractivity (Wildman–Crippen MR) is 98.5 cm³/mol. The highest BCUT2D eigenvalue weighted by atomic mass is 19.1. The Labute approximate surface area is 152 Å². The molecule has 4 heteroatoms. The highest BCUT2D eigenvalue weighted by Crippen LogP contribution is 2.26. The van der Waals surface area contributed by atoms with E-state index in [2.05, 4.69) is 0 Å². The van der Waals surface area contributed by atoms with Gasteiger partial charge in [0.25, 0.3) is 0 Å². The molecule has 0 amide bonds. The van der Waals surface area contributed by atoms with Gasteiger partial charge in [0.15, 0.2) is 0 Å². The highest BCUT2D eigenvalue weighted by Gasteiger charge is 2.22. The van der Waals surface area contributed by atoms with E-state index in [0.717, 1.165) is 31.2 Å². The summed E-state index contributed by atoms with van der Waals surface area (Å²) in [5, 5.41) is 9.33. The topological polar surface area (TPSA) is 50.1 Å². The van der Waals surface area contributed by atoms with E-state index in [1.807, 2.05) is 6.07 Å². The Morgan fingerprint density at radius 1 is 1.08 bits per heavy atom. The highest BCUT2D eigenvalue weighted by molar-refractivity contribution is 5.89. The van der Waals surface area contributed by atoms with Crippen LogP contribution in [0.3, 0.4) is 0 Å². The second-order valence-electron chi connectivity index (χ2n) is 6.47. The molecule has 0 spiro atoms. The number of allylic oxidation sites excluding steroid dienone is 1. The van der Waals surface area contributed by atoms with Gasteiger partial charge in [-0.2, -0.15) is 5.26 Å². The number of rotatable bonds is 4. The van der Waals surface area contributed by atoms with Crippen molar-refractivity contribution in [3.8, 4) is 11.8 Å². The molecule has 0 bridgehead atoms. The van der Waals surface area contributed by atoms with Crippen molar-refractivity contribution < 1.29 is 13.9 Å². The smallest absolute Gasteiger partial charge is 0.314 e. The number of benzene rings is 2. The van der Waals surface area contributed by atoms with E-state index in [-0.39, 0.29) is 23.0 Å². The Morgan fingerprint density at radius 3 is 2.42 bits per heavy atom. The molecule has 26 heavy (non-hydrogen) atoms. The second kappa shape index (κ2) is 8.44. The van der Waals surface area contributed by atoms with E-state index in [9.17, 15) is 14.4 Å². The molecule has 0 aromatic heterocycles. The quantitative estimate of drug-likeness (QED) is 0.322. The van der Waals surface area contributed by atoms with Crippen molar-refractivity contribution in [2.45, 2.75) is 32.1 Å². The summed E-state index contributed by atoms with van der Waals surface area (Å²) in [5.41, 5.74) is 1.25. The van der Waals surface area contributed by atoms with Crippen LogP contribution < -0.4 is 4.74 Å². The van der Waals surface area contributed by atoms with Crippen LogP contribution in [0.2, 0.25) is 0 Å². The number of carbonyl (C=O) groups excluding carboxylic acids is 1. The molecule has 0 heterocycles. The van der Waals surface area contributed by atoms with Crippen molar-refractivity contribution in [3.63, 3.8) is 0 Å². The lowest BCUT2D eigenvalue weighted by atomic mass is 9.89. The molecule has 0 saturated heterocycles. The monoisotopic (exact) mass is 349 g/mol. The summed E-state index contributed by atoms with van der Waals surface area (Å²) in [5.74, 6) is -0.118. The Morgan fingerprint density at radius 2 is 1.77 bits per heavy atom. The predicted octanol–water partition coefficient (Wildman–Crippen LogP) is 5.38. The minimum atomic E-state index is -0.432. The molecule has 0 radical (unpaired) electrons. The standard InChI is InChI=1S/C22H20FNO2/c23-21-9-5-4-8-20(21)18(15-24)14-16-10-12-19(13-11-16)26-22(25)17-6-2-1-3-7-17/h4-5,8-14,17H,1-3,6-7H2/b18-14-. The fourth-order valence-electron chi connectivity index (χ4n) is 3.19. The minimum Gasteiger partial charge on any atom is -0.426 e. The summed E-state index contributed by atoms with van der Waals surface area (Å²) in [6.07, 6.45) is 6.76. The first-order valence-electron chi connectivity index (χ1n) is 8.86. The first kappa shape index (κ1) is 17.9. The van der Waals surface area contributed by atoms with Crippen molar-refractivity contribution in [2.75, 3.05) is 0 Å². The zero-order chi connectivity index (χ0) is 18.4. The zero-order valence-corrected chi connectivity index (χ0v) is 14.5. The Bertz CT molecular complexity index is 843. The number of ether oxygens (including phenoxy) is 1. The van der Waals surface area contributed by atoms with Crippen LogP contribution in [0.5, 0.6) is 5.75 Å². The van der Waals surface area contributed by atoms with Crippen LogP contribution >= 0.6 is 0 Å². The van der Waals surface area contributed by atoms with Gasteiger partial charge in [-0.3, -0.25) is 4.79 Å². The van der Waals surface area contributed by atoms with E-state index < -0.39 is 5.82 Å². The van der Waals surface area contributed by atoms with Gasteiger partial charge in [-0.1, -0.05) is 49.6 Å². The van der Waals surface area contributed by atoms with Crippen molar-refractivity contribution in [3.05, 3.63) is 65.5 Å². The van der Waals surface area contributed by atoms with E-state index in [4.69, 9.17) is 4.74 Å². The van der Waals surface area contributed by atoms with Gasteiger partial charge in [-0.05, 0) is 42.7 Å². The van der Waals surface area contributed by atoms with Crippen molar-refractivity contribution in [1.82, 2.24) is 0 Å². The van der Waals surface area contributed by atoms with Gasteiger partial charge in [-0.15, -0.1) is 0 Å². The van der Waals surface area contributed by atoms with E-state index >= 15 is 0 Å². The summed E-state index contributed by atoms with van der Waals surface area (Å²) >= 11 is 0. The van der Waals surface area contributed by atoms with Gasteiger partial charge in [0.2, 0.25) is 0 Å². The number of nitrogens with zero attached hydrogens (tertiary/aromatic N) is 1. The lowest BCUT2D eigenvalue weighted by molar-refractivity contribution is -0.139. The number of esters is 1. The number of hydrogen-bond donors (Lipinski definition) is 0. The van der Waals surface area contributed by atoms with Crippen molar-refractivity contribution >= 4 is 17.6 Å². The maximum absolute atomic E-state index is 13.9. The van der Waals surface area contributed by atoms with Gasteiger partial charge in [-0.25, -0.2) is 4.39 Å². The normalized spacial score (nSPS) is 15.3. The maximum Gasteiger partial charge on any atom is 0.314 e. The van der Waals surface area contributed by atoms with Gasteiger partial charge in [0, 0.05) is 5.56 Å². The van der Waals surface area contributed by atoms with Gasteiger partial charge in [0.1, 0.15) is 11.6 Å². The average Bonchev–Trinajstić information content (AvgIpc) is 2.69. The average molecular weight is 349 g/mol. The van der Waals surface area contributed by atoms with Crippen LogP contribution in [0.4, 0.5) is 4.39 Å². The van der Waals surface area contributed by atoms with Crippen LogP contribution in [0.1, 0.15) is 43.2 Å². The second-order valence-corrected chi connectivity index (χ2v) is 6.47. The number of halogens is 1. The Kier molecular flexibility index (Phi) is 5.80. The largest absolute Gasteiger partial charge is 0.426 e. The third-order valence-corrected chi connectivity index (χ3v) is 4.63. The fraction of sp³-hybridized carbons (Fsp3) is 0.273. The zero-order valence-electron chi connectivity index (χ0n) is 14.5. The minimum absolute atomic E-state index is 0.00503. The molecule has 3 nitrogen and oxygen atoms in total. The van der Waals surface area contributed by atoms with Crippen LogP contribution in [0.25, 0.3) is 11.6 Å². The summed E-state index contributed by atoms with van der Waals surface area (Å²) in [6, 6.07) is 15.1. The molecule has 2 aromatic carbocycles.